The maximum Gasteiger partial charge on any atom is -0.0162 e. The van der Waals surface area contributed by atoms with Crippen LogP contribution in [0.25, 0.3) is 0 Å². The lowest BCUT2D eigenvalue weighted by molar-refractivity contribution is 0.241. The van der Waals surface area contributed by atoms with Crippen LogP contribution in [0.2, 0.25) is 0 Å². The van der Waals surface area contributed by atoms with Crippen molar-refractivity contribution in [2.75, 3.05) is 0 Å². The standard InChI is InChI=1S/C26H44/c1-6-9-10-11-23-16-17-25(20-22(23)7-2)24-14-12-21(13-15-24)18-19-26(4,5)8-3/h16-17,20-21,24H,6-15,18-19H2,1-5H3. The SMILES string of the molecule is CCCCCc1ccc(C2CCC(CCC(C)(C)CC)CC2)cc1CC. The van der Waals surface area contributed by atoms with Crippen molar-refractivity contribution in [2.45, 2.75) is 118 Å². The number of hydrogen-bond acceptors (Lipinski definition) is 0. The zero-order valence-electron chi connectivity index (χ0n) is 18.4. The van der Waals surface area contributed by atoms with Crippen molar-refractivity contribution >= 4 is 0 Å². The molecule has 0 N–H and O–H groups in total. The van der Waals surface area contributed by atoms with Crippen LogP contribution in [-0.4, -0.2) is 0 Å². The van der Waals surface area contributed by atoms with Crippen molar-refractivity contribution in [1.82, 2.24) is 0 Å². The average Bonchev–Trinajstić information content (AvgIpc) is 2.67. The molecule has 2 rings (SSSR count). The topological polar surface area (TPSA) is 0 Å². The number of rotatable bonds is 10. The summed E-state index contributed by atoms with van der Waals surface area (Å²) in [6.07, 6.45) is 16.4. The summed E-state index contributed by atoms with van der Waals surface area (Å²) in [7, 11) is 0. The third-order valence-electron chi connectivity index (χ3n) is 7.17. The number of benzene rings is 1. The molecule has 1 aromatic rings. The predicted molar refractivity (Wildman–Crippen MR) is 117 cm³/mol. The maximum atomic E-state index is 2.56. The third-order valence-corrected chi connectivity index (χ3v) is 7.17. The van der Waals surface area contributed by atoms with E-state index < -0.39 is 0 Å². The molecule has 0 unspecified atom stereocenters. The van der Waals surface area contributed by atoms with Gasteiger partial charge < -0.3 is 0 Å². The highest BCUT2D eigenvalue weighted by Gasteiger charge is 2.24. The Morgan fingerprint density at radius 1 is 0.923 bits per heavy atom. The molecule has 0 heterocycles. The van der Waals surface area contributed by atoms with Crippen molar-refractivity contribution in [1.29, 1.82) is 0 Å². The van der Waals surface area contributed by atoms with E-state index in [-0.39, 0.29) is 0 Å². The summed E-state index contributed by atoms with van der Waals surface area (Å²) in [6.45, 7) is 11.8. The van der Waals surface area contributed by atoms with Gasteiger partial charge in [0.1, 0.15) is 0 Å². The Labute approximate surface area is 164 Å². The largest absolute Gasteiger partial charge is 0.0654 e. The smallest absolute Gasteiger partial charge is 0.0162 e. The van der Waals surface area contributed by atoms with Gasteiger partial charge >= 0.3 is 0 Å². The van der Waals surface area contributed by atoms with Crippen LogP contribution in [0.3, 0.4) is 0 Å². The van der Waals surface area contributed by atoms with Crippen LogP contribution in [0.1, 0.15) is 121 Å². The van der Waals surface area contributed by atoms with Gasteiger partial charge in [-0.05, 0) is 91.7 Å². The van der Waals surface area contributed by atoms with Gasteiger partial charge in [0, 0.05) is 0 Å². The monoisotopic (exact) mass is 356 g/mol. The lowest BCUT2D eigenvalue weighted by Gasteiger charge is -2.32. The Morgan fingerprint density at radius 2 is 1.65 bits per heavy atom. The molecule has 0 aromatic heterocycles. The summed E-state index contributed by atoms with van der Waals surface area (Å²) in [5.74, 6) is 1.80. The lowest BCUT2D eigenvalue weighted by Crippen LogP contribution is -2.17. The lowest BCUT2D eigenvalue weighted by atomic mass is 9.74. The molecule has 0 spiro atoms. The van der Waals surface area contributed by atoms with E-state index in [1.807, 2.05) is 0 Å². The van der Waals surface area contributed by atoms with E-state index in [4.69, 9.17) is 0 Å². The van der Waals surface area contributed by atoms with Crippen LogP contribution < -0.4 is 0 Å². The predicted octanol–water partition coefficient (Wildman–Crippen LogP) is 8.47. The summed E-state index contributed by atoms with van der Waals surface area (Å²) in [6, 6.07) is 7.48. The molecule has 0 radical (unpaired) electrons. The molecule has 0 heteroatoms. The molecule has 1 aliphatic rings. The summed E-state index contributed by atoms with van der Waals surface area (Å²) in [4.78, 5) is 0. The number of hydrogen-bond donors (Lipinski definition) is 0. The van der Waals surface area contributed by atoms with Crippen molar-refractivity contribution in [3.8, 4) is 0 Å². The molecule has 0 nitrogen and oxygen atoms in total. The van der Waals surface area contributed by atoms with Gasteiger partial charge in [-0.25, -0.2) is 0 Å². The van der Waals surface area contributed by atoms with Gasteiger partial charge in [0.15, 0.2) is 0 Å². The van der Waals surface area contributed by atoms with Crippen molar-refractivity contribution in [2.24, 2.45) is 11.3 Å². The van der Waals surface area contributed by atoms with E-state index in [1.165, 1.54) is 77.0 Å². The Balaban J connectivity index is 1.88. The third kappa shape index (κ3) is 6.43. The molecule has 0 saturated heterocycles. The molecule has 1 fully saturated rings. The Morgan fingerprint density at radius 3 is 2.27 bits per heavy atom. The van der Waals surface area contributed by atoms with Crippen LogP contribution >= 0.6 is 0 Å². The fraction of sp³-hybridized carbons (Fsp3) is 0.769. The van der Waals surface area contributed by atoms with Crippen LogP contribution in [-0.2, 0) is 12.8 Å². The van der Waals surface area contributed by atoms with E-state index in [0.717, 1.165) is 11.8 Å². The number of unbranched alkanes of at least 4 members (excludes halogenated alkanes) is 2. The molecule has 26 heavy (non-hydrogen) atoms. The molecule has 0 bridgehead atoms. The first-order chi connectivity index (χ1) is 12.5. The second-order valence-electron chi connectivity index (χ2n) is 9.61. The first-order valence-electron chi connectivity index (χ1n) is 11.6. The quantitative estimate of drug-likeness (QED) is 0.369. The molecule has 1 saturated carbocycles. The zero-order valence-corrected chi connectivity index (χ0v) is 18.4. The minimum Gasteiger partial charge on any atom is -0.0654 e. The van der Waals surface area contributed by atoms with E-state index in [0.29, 0.717) is 5.41 Å². The van der Waals surface area contributed by atoms with E-state index in [2.05, 4.69) is 52.8 Å². The van der Waals surface area contributed by atoms with Gasteiger partial charge in [-0.2, -0.15) is 0 Å². The van der Waals surface area contributed by atoms with E-state index in [1.54, 1.807) is 16.7 Å². The first kappa shape index (κ1) is 21.5. The van der Waals surface area contributed by atoms with Gasteiger partial charge in [0.2, 0.25) is 0 Å². The van der Waals surface area contributed by atoms with Crippen molar-refractivity contribution in [3.63, 3.8) is 0 Å². The molecule has 1 aromatic carbocycles. The summed E-state index contributed by atoms with van der Waals surface area (Å²) in [5, 5.41) is 0. The fourth-order valence-corrected chi connectivity index (χ4v) is 4.59. The minimum absolute atomic E-state index is 0.542. The fourth-order valence-electron chi connectivity index (χ4n) is 4.59. The first-order valence-corrected chi connectivity index (χ1v) is 11.6. The molecular formula is C26H44. The van der Waals surface area contributed by atoms with Gasteiger partial charge in [0.25, 0.3) is 0 Å². The van der Waals surface area contributed by atoms with Gasteiger partial charge in [-0.15, -0.1) is 0 Å². The molecule has 0 atom stereocenters. The van der Waals surface area contributed by atoms with Gasteiger partial charge in [-0.3, -0.25) is 0 Å². The van der Waals surface area contributed by atoms with E-state index in [9.17, 15) is 0 Å². The average molecular weight is 357 g/mol. The summed E-state index contributed by atoms with van der Waals surface area (Å²) >= 11 is 0. The van der Waals surface area contributed by atoms with E-state index >= 15 is 0 Å². The second kappa shape index (κ2) is 10.5. The van der Waals surface area contributed by atoms with Crippen LogP contribution in [0.5, 0.6) is 0 Å². The normalized spacial score (nSPS) is 21.1. The Bertz CT molecular complexity index is 517. The van der Waals surface area contributed by atoms with Crippen molar-refractivity contribution in [3.05, 3.63) is 34.9 Å². The van der Waals surface area contributed by atoms with Crippen molar-refractivity contribution < 1.29 is 0 Å². The molecule has 148 valence electrons. The Hall–Kier alpha value is -0.780. The maximum absolute atomic E-state index is 2.56. The molecule has 1 aliphatic carbocycles. The molecular weight excluding hydrogens is 312 g/mol. The minimum atomic E-state index is 0.542. The summed E-state index contributed by atoms with van der Waals surface area (Å²) in [5.41, 5.74) is 5.40. The van der Waals surface area contributed by atoms with Crippen LogP contribution in [0.15, 0.2) is 18.2 Å². The molecule has 0 amide bonds. The summed E-state index contributed by atoms with van der Waals surface area (Å²) < 4.78 is 0. The second-order valence-corrected chi connectivity index (χ2v) is 9.61. The van der Waals surface area contributed by atoms with Crippen LogP contribution in [0.4, 0.5) is 0 Å². The van der Waals surface area contributed by atoms with Gasteiger partial charge in [0.05, 0.1) is 0 Å². The van der Waals surface area contributed by atoms with Gasteiger partial charge in [-0.1, -0.05) is 72.1 Å². The highest BCUT2D eigenvalue weighted by Crippen LogP contribution is 2.40. The number of aryl methyl sites for hydroxylation is 2. The Kier molecular flexibility index (Phi) is 8.71. The zero-order chi connectivity index (χ0) is 19.0. The highest BCUT2D eigenvalue weighted by atomic mass is 14.3. The molecule has 0 aliphatic heterocycles. The highest BCUT2D eigenvalue weighted by molar-refractivity contribution is 5.34. The van der Waals surface area contributed by atoms with Crippen LogP contribution in [0, 0.1) is 11.3 Å².